The molecular weight excluding hydrogens is 303 g/mol. The van der Waals surface area contributed by atoms with E-state index >= 15 is 0 Å². The van der Waals surface area contributed by atoms with Gasteiger partial charge >= 0.3 is 17.9 Å². The van der Waals surface area contributed by atoms with Crippen molar-refractivity contribution in [1.82, 2.24) is 0 Å². The molecule has 0 amide bonds. The Morgan fingerprint density at radius 2 is 1.50 bits per heavy atom. The maximum absolute atomic E-state index is 14.0. The molecule has 0 spiro atoms. The summed E-state index contributed by atoms with van der Waals surface area (Å²) in [5, 5.41) is 0. The van der Waals surface area contributed by atoms with Gasteiger partial charge in [-0.2, -0.15) is 0 Å². The summed E-state index contributed by atoms with van der Waals surface area (Å²) < 4.78 is 38.8. The van der Waals surface area contributed by atoms with E-state index in [0.717, 1.165) is 20.8 Å². The SMILES string of the molecule is CO[C@H]1[C@@H](OC(C)=O)[C@H](OC(C)=O)[C@@H](COC(C)=O)O[C@@H]1F. The summed E-state index contributed by atoms with van der Waals surface area (Å²) in [6.07, 6.45) is -6.74. The minimum absolute atomic E-state index is 0.359. The molecule has 9 heteroatoms. The van der Waals surface area contributed by atoms with Crippen molar-refractivity contribution >= 4 is 17.9 Å². The van der Waals surface area contributed by atoms with Gasteiger partial charge in [0.1, 0.15) is 12.7 Å². The molecule has 1 saturated heterocycles. The van der Waals surface area contributed by atoms with Gasteiger partial charge in [-0.1, -0.05) is 0 Å². The molecule has 0 aromatic rings. The van der Waals surface area contributed by atoms with Crippen LogP contribution in [0.5, 0.6) is 0 Å². The first-order valence-corrected chi connectivity index (χ1v) is 6.56. The van der Waals surface area contributed by atoms with Crippen LogP contribution in [0.3, 0.4) is 0 Å². The number of ether oxygens (including phenoxy) is 5. The van der Waals surface area contributed by atoms with E-state index in [4.69, 9.17) is 23.7 Å². The van der Waals surface area contributed by atoms with Gasteiger partial charge in [0.05, 0.1) is 0 Å². The van der Waals surface area contributed by atoms with Crippen LogP contribution < -0.4 is 0 Å². The molecule has 0 bridgehead atoms. The number of rotatable bonds is 5. The lowest BCUT2D eigenvalue weighted by Crippen LogP contribution is -2.60. The maximum Gasteiger partial charge on any atom is 0.303 e. The number of hydrogen-bond donors (Lipinski definition) is 0. The molecule has 1 heterocycles. The Balaban J connectivity index is 3.01. The van der Waals surface area contributed by atoms with E-state index in [1.165, 1.54) is 7.11 Å². The van der Waals surface area contributed by atoms with Crippen molar-refractivity contribution in [1.29, 1.82) is 0 Å². The molecule has 0 N–H and O–H groups in total. The highest BCUT2D eigenvalue weighted by Gasteiger charge is 2.51. The van der Waals surface area contributed by atoms with Gasteiger partial charge in [-0.15, -0.1) is 0 Å². The van der Waals surface area contributed by atoms with E-state index in [-0.39, 0.29) is 6.61 Å². The first-order valence-electron chi connectivity index (χ1n) is 6.56. The van der Waals surface area contributed by atoms with Crippen LogP contribution in [0, 0.1) is 0 Å². The third-order valence-corrected chi connectivity index (χ3v) is 2.90. The predicted molar refractivity (Wildman–Crippen MR) is 68.3 cm³/mol. The summed E-state index contributed by atoms with van der Waals surface area (Å²) >= 11 is 0. The minimum Gasteiger partial charge on any atom is -0.463 e. The largest absolute Gasteiger partial charge is 0.463 e. The summed E-state index contributed by atoms with van der Waals surface area (Å²) in [7, 11) is 1.20. The van der Waals surface area contributed by atoms with Crippen LogP contribution in [0.15, 0.2) is 0 Å². The van der Waals surface area contributed by atoms with E-state index in [2.05, 4.69) is 0 Å². The number of halogens is 1. The number of alkyl halides is 1. The normalized spacial score (nSPS) is 31.2. The van der Waals surface area contributed by atoms with Gasteiger partial charge in [0.2, 0.25) is 6.36 Å². The highest BCUT2D eigenvalue weighted by molar-refractivity contribution is 5.67. The van der Waals surface area contributed by atoms with E-state index in [1.807, 2.05) is 0 Å². The van der Waals surface area contributed by atoms with Crippen molar-refractivity contribution in [2.24, 2.45) is 0 Å². The fraction of sp³-hybridized carbons (Fsp3) is 0.769. The standard InChI is InChI=1S/C13H19FO8/c1-6(15)19-5-9-10(20-7(2)16)11(21-8(3)17)12(18-4)13(14)22-9/h9-13H,5H2,1-4H3/t9-,10-,11+,12+,13+/m1/s1. The molecule has 0 aromatic heterocycles. The monoisotopic (exact) mass is 322 g/mol. The Kier molecular flexibility index (Phi) is 6.69. The molecule has 0 aromatic carbocycles. The van der Waals surface area contributed by atoms with Gasteiger partial charge in [0.15, 0.2) is 18.3 Å². The lowest BCUT2D eigenvalue weighted by atomic mass is 9.99. The molecule has 1 aliphatic rings. The smallest absolute Gasteiger partial charge is 0.303 e. The molecule has 1 rings (SSSR count). The Bertz CT molecular complexity index is 426. The second-order valence-corrected chi connectivity index (χ2v) is 4.68. The number of hydrogen-bond acceptors (Lipinski definition) is 8. The third-order valence-electron chi connectivity index (χ3n) is 2.90. The molecule has 0 aliphatic carbocycles. The zero-order valence-electron chi connectivity index (χ0n) is 12.7. The fourth-order valence-corrected chi connectivity index (χ4v) is 2.10. The van der Waals surface area contributed by atoms with E-state index in [9.17, 15) is 18.8 Å². The Morgan fingerprint density at radius 1 is 0.955 bits per heavy atom. The topological polar surface area (TPSA) is 97.4 Å². The van der Waals surface area contributed by atoms with Gasteiger partial charge in [-0.3, -0.25) is 14.4 Å². The molecule has 0 unspecified atom stereocenters. The van der Waals surface area contributed by atoms with Crippen LogP contribution >= 0.6 is 0 Å². The maximum atomic E-state index is 14.0. The van der Waals surface area contributed by atoms with Crippen LogP contribution in [-0.4, -0.2) is 62.4 Å². The molecule has 8 nitrogen and oxygen atoms in total. The number of carbonyl (C=O) groups is 3. The lowest BCUT2D eigenvalue weighted by Gasteiger charge is -2.41. The average molecular weight is 322 g/mol. The van der Waals surface area contributed by atoms with Crippen LogP contribution in [0.25, 0.3) is 0 Å². The lowest BCUT2D eigenvalue weighted by molar-refractivity contribution is -0.277. The minimum atomic E-state index is -1.94. The van der Waals surface area contributed by atoms with Crippen molar-refractivity contribution in [2.45, 2.75) is 51.5 Å². The second-order valence-electron chi connectivity index (χ2n) is 4.68. The molecule has 1 fully saturated rings. The Morgan fingerprint density at radius 3 is 1.95 bits per heavy atom. The molecular formula is C13H19FO8. The van der Waals surface area contributed by atoms with Crippen molar-refractivity contribution in [2.75, 3.05) is 13.7 Å². The number of methoxy groups -OCH3 is 1. The van der Waals surface area contributed by atoms with E-state index in [0.29, 0.717) is 0 Å². The van der Waals surface area contributed by atoms with Crippen molar-refractivity contribution in [3.05, 3.63) is 0 Å². The van der Waals surface area contributed by atoms with Gasteiger partial charge < -0.3 is 23.7 Å². The first-order chi connectivity index (χ1) is 10.3. The zero-order valence-corrected chi connectivity index (χ0v) is 12.7. The highest BCUT2D eigenvalue weighted by atomic mass is 19.1. The van der Waals surface area contributed by atoms with Gasteiger partial charge in [-0.05, 0) is 0 Å². The third kappa shape index (κ3) is 4.92. The molecule has 22 heavy (non-hydrogen) atoms. The molecule has 0 radical (unpaired) electrons. The molecule has 0 saturated carbocycles. The van der Waals surface area contributed by atoms with Crippen LogP contribution in [0.4, 0.5) is 4.39 Å². The molecule has 126 valence electrons. The van der Waals surface area contributed by atoms with Gasteiger partial charge in [-0.25, -0.2) is 4.39 Å². The van der Waals surface area contributed by atoms with Crippen molar-refractivity contribution in [3.63, 3.8) is 0 Å². The predicted octanol–water partition coefficient (Wildman–Crippen LogP) is 0.122. The number of esters is 3. The van der Waals surface area contributed by atoms with Crippen LogP contribution in [0.1, 0.15) is 20.8 Å². The average Bonchev–Trinajstić information content (AvgIpc) is 2.39. The van der Waals surface area contributed by atoms with Crippen molar-refractivity contribution < 1.29 is 42.5 Å². The molecule has 1 aliphatic heterocycles. The van der Waals surface area contributed by atoms with Crippen LogP contribution in [-0.2, 0) is 38.1 Å². The van der Waals surface area contributed by atoms with E-state index in [1.54, 1.807) is 0 Å². The summed E-state index contributed by atoms with van der Waals surface area (Å²) in [6.45, 7) is 3.07. The summed E-state index contributed by atoms with van der Waals surface area (Å²) in [6, 6.07) is 0. The quantitative estimate of drug-likeness (QED) is 0.520. The van der Waals surface area contributed by atoms with Crippen molar-refractivity contribution in [3.8, 4) is 0 Å². The first kappa shape index (κ1) is 18.3. The second kappa shape index (κ2) is 8.04. The van der Waals surface area contributed by atoms with E-state index < -0.39 is 48.7 Å². The summed E-state index contributed by atoms with van der Waals surface area (Å²) in [5.74, 6) is -2.01. The van der Waals surface area contributed by atoms with Gasteiger partial charge in [0, 0.05) is 27.9 Å². The highest BCUT2D eigenvalue weighted by Crippen LogP contribution is 2.29. The summed E-state index contributed by atoms with van der Waals surface area (Å²) in [4.78, 5) is 33.3. The zero-order chi connectivity index (χ0) is 16.9. The number of carbonyl (C=O) groups excluding carboxylic acids is 3. The Hall–Kier alpha value is -1.74. The Labute approximate surface area is 126 Å². The summed E-state index contributed by atoms with van der Waals surface area (Å²) in [5.41, 5.74) is 0. The van der Waals surface area contributed by atoms with Crippen LogP contribution in [0.2, 0.25) is 0 Å². The fourth-order valence-electron chi connectivity index (χ4n) is 2.10. The van der Waals surface area contributed by atoms with Gasteiger partial charge in [0.25, 0.3) is 0 Å². The molecule has 5 atom stereocenters.